The Morgan fingerprint density at radius 3 is 2.48 bits per heavy atom. The summed E-state index contributed by atoms with van der Waals surface area (Å²) in [5.74, 6) is 0. The fourth-order valence-electron chi connectivity index (χ4n) is 2.81. The third-order valence-corrected chi connectivity index (χ3v) is 4.12. The van der Waals surface area contributed by atoms with Gasteiger partial charge >= 0.3 is 0 Å². The number of aromatic nitrogens is 1. The highest BCUT2D eigenvalue weighted by molar-refractivity contribution is 5.38. The largest absolute Gasteiger partial charge is 0.310 e. The van der Waals surface area contributed by atoms with E-state index in [1.54, 1.807) is 0 Å². The molecule has 0 aliphatic heterocycles. The van der Waals surface area contributed by atoms with Crippen LogP contribution in [-0.4, -0.2) is 11.5 Å². The van der Waals surface area contributed by atoms with E-state index < -0.39 is 0 Å². The highest BCUT2D eigenvalue weighted by Crippen LogP contribution is 2.25. The molecule has 2 heteroatoms. The molecule has 1 unspecified atom stereocenters. The van der Waals surface area contributed by atoms with E-state index in [-0.39, 0.29) is 0 Å². The SMILES string of the molecule is CCNC(CCc1ccccn1)c1cc(C)c(C)cc1C. The van der Waals surface area contributed by atoms with Gasteiger partial charge in [0, 0.05) is 17.9 Å². The van der Waals surface area contributed by atoms with Crippen LogP contribution in [0.4, 0.5) is 0 Å². The van der Waals surface area contributed by atoms with Gasteiger partial charge in [-0.1, -0.05) is 25.1 Å². The molecule has 2 nitrogen and oxygen atoms in total. The molecular formula is C19H26N2. The lowest BCUT2D eigenvalue weighted by Crippen LogP contribution is -2.22. The molecule has 2 aromatic rings. The molecule has 0 spiro atoms. The molecule has 1 atom stereocenters. The minimum atomic E-state index is 0.399. The first-order chi connectivity index (χ1) is 10.1. The summed E-state index contributed by atoms with van der Waals surface area (Å²) in [5.41, 5.74) is 6.72. The van der Waals surface area contributed by atoms with Crippen LogP contribution in [0.15, 0.2) is 36.5 Å². The van der Waals surface area contributed by atoms with Crippen molar-refractivity contribution in [1.82, 2.24) is 10.3 Å². The van der Waals surface area contributed by atoms with E-state index in [1.165, 1.54) is 27.9 Å². The monoisotopic (exact) mass is 282 g/mol. The van der Waals surface area contributed by atoms with Gasteiger partial charge in [0.25, 0.3) is 0 Å². The Bertz CT molecular complexity index is 576. The second-order valence-corrected chi connectivity index (χ2v) is 5.76. The molecule has 1 aromatic carbocycles. The quantitative estimate of drug-likeness (QED) is 0.855. The molecule has 1 heterocycles. The first-order valence-electron chi connectivity index (χ1n) is 7.82. The fourth-order valence-corrected chi connectivity index (χ4v) is 2.81. The minimum Gasteiger partial charge on any atom is -0.310 e. The van der Waals surface area contributed by atoms with Gasteiger partial charge < -0.3 is 5.32 Å². The van der Waals surface area contributed by atoms with Gasteiger partial charge in [0.15, 0.2) is 0 Å². The highest BCUT2D eigenvalue weighted by atomic mass is 14.9. The maximum Gasteiger partial charge on any atom is 0.0404 e. The number of hydrogen-bond acceptors (Lipinski definition) is 2. The smallest absolute Gasteiger partial charge is 0.0404 e. The zero-order chi connectivity index (χ0) is 15.2. The molecule has 0 saturated carbocycles. The highest BCUT2D eigenvalue weighted by Gasteiger charge is 2.14. The number of aryl methyl sites for hydroxylation is 4. The Kier molecular flexibility index (Phi) is 5.51. The molecule has 21 heavy (non-hydrogen) atoms. The van der Waals surface area contributed by atoms with Crippen LogP contribution in [0.3, 0.4) is 0 Å². The van der Waals surface area contributed by atoms with Gasteiger partial charge in [0.05, 0.1) is 0 Å². The van der Waals surface area contributed by atoms with Gasteiger partial charge in [-0.3, -0.25) is 4.98 Å². The van der Waals surface area contributed by atoms with Crippen molar-refractivity contribution in [3.63, 3.8) is 0 Å². The van der Waals surface area contributed by atoms with E-state index >= 15 is 0 Å². The lowest BCUT2D eigenvalue weighted by molar-refractivity contribution is 0.510. The van der Waals surface area contributed by atoms with Gasteiger partial charge in [-0.25, -0.2) is 0 Å². The number of hydrogen-bond donors (Lipinski definition) is 1. The summed E-state index contributed by atoms with van der Waals surface area (Å²) >= 11 is 0. The predicted molar refractivity (Wildman–Crippen MR) is 89.6 cm³/mol. The van der Waals surface area contributed by atoms with Crippen molar-refractivity contribution in [2.75, 3.05) is 6.54 Å². The van der Waals surface area contributed by atoms with Crippen molar-refractivity contribution in [3.05, 3.63) is 64.5 Å². The maximum absolute atomic E-state index is 4.43. The lowest BCUT2D eigenvalue weighted by atomic mass is 9.93. The first kappa shape index (κ1) is 15.7. The number of rotatable bonds is 6. The summed E-state index contributed by atoms with van der Waals surface area (Å²) in [6.07, 6.45) is 3.96. The van der Waals surface area contributed by atoms with Crippen LogP contribution in [0.1, 0.15) is 47.3 Å². The van der Waals surface area contributed by atoms with Crippen molar-refractivity contribution < 1.29 is 0 Å². The standard InChI is InChI=1S/C19H26N2/c1-5-20-19(10-9-17-8-6-7-11-21-17)18-13-15(3)14(2)12-16(18)4/h6-8,11-13,19-20H,5,9-10H2,1-4H3. The van der Waals surface area contributed by atoms with Crippen molar-refractivity contribution >= 4 is 0 Å². The van der Waals surface area contributed by atoms with Gasteiger partial charge in [0.2, 0.25) is 0 Å². The van der Waals surface area contributed by atoms with Gasteiger partial charge in [-0.2, -0.15) is 0 Å². The average molecular weight is 282 g/mol. The van der Waals surface area contributed by atoms with Crippen LogP contribution in [0.25, 0.3) is 0 Å². The third-order valence-electron chi connectivity index (χ3n) is 4.12. The Morgan fingerprint density at radius 2 is 1.81 bits per heavy atom. The number of benzene rings is 1. The maximum atomic E-state index is 4.43. The topological polar surface area (TPSA) is 24.9 Å². The van der Waals surface area contributed by atoms with Crippen molar-refractivity contribution in [2.45, 2.75) is 46.6 Å². The van der Waals surface area contributed by atoms with Crippen LogP contribution >= 0.6 is 0 Å². The molecule has 0 bridgehead atoms. The average Bonchev–Trinajstić information content (AvgIpc) is 2.48. The van der Waals surface area contributed by atoms with E-state index in [4.69, 9.17) is 0 Å². The van der Waals surface area contributed by atoms with Crippen molar-refractivity contribution in [2.24, 2.45) is 0 Å². The Morgan fingerprint density at radius 1 is 1.05 bits per heavy atom. The van der Waals surface area contributed by atoms with Gasteiger partial charge in [-0.15, -0.1) is 0 Å². The van der Waals surface area contributed by atoms with Crippen LogP contribution in [0.5, 0.6) is 0 Å². The molecule has 1 N–H and O–H groups in total. The number of nitrogens with one attached hydrogen (secondary N) is 1. The molecule has 112 valence electrons. The normalized spacial score (nSPS) is 12.4. The third kappa shape index (κ3) is 4.15. The second-order valence-electron chi connectivity index (χ2n) is 5.76. The van der Waals surface area contributed by atoms with Gasteiger partial charge in [0.1, 0.15) is 0 Å². The van der Waals surface area contributed by atoms with Gasteiger partial charge in [-0.05, 0) is 74.5 Å². The van der Waals surface area contributed by atoms with Crippen LogP contribution in [0, 0.1) is 20.8 Å². The van der Waals surface area contributed by atoms with Crippen LogP contribution in [-0.2, 0) is 6.42 Å². The molecular weight excluding hydrogens is 256 g/mol. The van der Waals surface area contributed by atoms with E-state index in [2.05, 4.69) is 62.3 Å². The molecule has 0 aliphatic carbocycles. The molecule has 0 amide bonds. The molecule has 0 aliphatic rings. The summed E-state index contributed by atoms with van der Waals surface area (Å²) in [7, 11) is 0. The first-order valence-corrected chi connectivity index (χ1v) is 7.82. The van der Waals surface area contributed by atoms with E-state index in [0.717, 1.165) is 19.4 Å². The Labute approximate surface area is 128 Å². The minimum absolute atomic E-state index is 0.399. The summed E-state index contributed by atoms with van der Waals surface area (Å²) in [4.78, 5) is 4.43. The van der Waals surface area contributed by atoms with Crippen LogP contribution in [0.2, 0.25) is 0 Å². The fraction of sp³-hybridized carbons (Fsp3) is 0.421. The van der Waals surface area contributed by atoms with Crippen molar-refractivity contribution in [1.29, 1.82) is 0 Å². The zero-order valence-corrected chi connectivity index (χ0v) is 13.6. The Balaban J connectivity index is 2.17. The molecule has 0 fully saturated rings. The number of pyridine rings is 1. The molecule has 0 radical (unpaired) electrons. The molecule has 2 rings (SSSR count). The molecule has 0 saturated heterocycles. The van der Waals surface area contributed by atoms with Crippen LogP contribution < -0.4 is 5.32 Å². The van der Waals surface area contributed by atoms with E-state index in [1.807, 2.05) is 12.3 Å². The van der Waals surface area contributed by atoms with Crippen molar-refractivity contribution in [3.8, 4) is 0 Å². The lowest BCUT2D eigenvalue weighted by Gasteiger charge is -2.21. The second kappa shape index (κ2) is 7.37. The zero-order valence-electron chi connectivity index (χ0n) is 13.6. The van der Waals surface area contributed by atoms with E-state index in [9.17, 15) is 0 Å². The predicted octanol–water partition coefficient (Wildman–Crippen LogP) is 4.29. The summed E-state index contributed by atoms with van der Waals surface area (Å²) in [5, 5.41) is 3.63. The summed E-state index contributed by atoms with van der Waals surface area (Å²) < 4.78 is 0. The Hall–Kier alpha value is -1.67. The van der Waals surface area contributed by atoms with E-state index in [0.29, 0.717) is 6.04 Å². The summed E-state index contributed by atoms with van der Waals surface area (Å²) in [6, 6.07) is 11.2. The molecule has 1 aromatic heterocycles. The summed E-state index contributed by atoms with van der Waals surface area (Å²) in [6.45, 7) is 9.75. The number of nitrogens with zero attached hydrogens (tertiary/aromatic N) is 1.